The van der Waals surface area contributed by atoms with Gasteiger partial charge in [0.15, 0.2) is 0 Å². The van der Waals surface area contributed by atoms with Crippen molar-refractivity contribution in [3.63, 3.8) is 0 Å². The minimum Gasteiger partial charge on any atom is -0.296 e. The van der Waals surface area contributed by atoms with Crippen LogP contribution >= 0.6 is 22.6 Å². The number of rotatable bonds is 6. The van der Waals surface area contributed by atoms with Gasteiger partial charge in [0.05, 0.1) is 0 Å². The predicted molar refractivity (Wildman–Crippen MR) is 82.0 cm³/mol. The first-order chi connectivity index (χ1) is 8.15. The molecule has 0 bridgehead atoms. The molecule has 0 radical (unpaired) electrons. The van der Waals surface area contributed by atoms with Gasteiger partial charge in [0, 0.05) is 16.2 Å². The topological polar surface area (TPSA) is 3.24 Å². The van der Waals surface area contributed by atoms with Crippen LogP contribution in [0.2, 0.25) is 0 Å². The Labute approximate surface area is 119 Å². The maximum Gasteiger partial charge on any atom is 0.0236 e. The molecule has 17 heavy (non-hydrogen) atoms. The molecule has 1 nitrogen and oxygen atoms in total. The summed E-state index contributed by atoms with van der Waals surface area (Å²) in [5, 5.41) is 0. The Morgan fingerprint density at radius 2 is 1.88 bits per heavy atom. The molecule has 0 amide bonds. The summed E-state index contributed by atoms with van der Waals surface area (Å²) < 4.78 is 1.33. The minimum atomic E-state index is 0.813. The van der Waals surface area contributed by atoms with E-state index < -0.39 is 0 Å². The Kier molecular flexibility index (Phi) is 4.86. The fraction of sp³-hybridized carbons (Fsp3) is 0.600. The lowest BCUT2D eigenvalue weighted by Crippen LogP contribution is -2.27. The quantitative estimate of drug-likeness (QED) is 0.696. The standard InChI is InChI=1S/C15H22IN/c1-12(2)9-10-17(15-7-8-15)11-13-3-5-14(16)6-4-13/h3-6,12,15H,7-11H2,1-2H3. The van der Waals surface area contributed by atoms with Crippen molar-refractivity contribution >= 4 is 22.6 Å². The van der Waals surface area contributed by atoms with Crippen LogP contribution in [0.25, 0.3) is 0 Å². The first-order valence-corrected chi connectivity index (χ1v) is 7.71. The molecule has 0 aliphatic heterocycles. The molecule has 0 atom stereocenters. The average Bonchev–Trinajstić information content (AvgIpc) is 3.10. The van der Waals surface area contributed by atoms with Gasteiger partial charge in [0.25, 0.3) is 0 Å². The highest BCUT2D eigenvalue weighted by Crippen LogP contribution is 2.29. The number of hydrogen-bond acceptors (Lipinski definition) is 1. The molecule has 1 fully saturated rings. The van der Waals surface area contributed by atoms with Gasteiger partial charge >= 0.3 is 0 Å². The van der Waals surface area contributed by atoms with Gasteiger partial charge in [0.2, 0.25) is 0 Å². The SMILES string of the molecule is CC(C)CCN(Cc1ccc(I)cc1)C1CC1. The summed E-state index contributed by atoms with van der Waals surface area (Å²) in [6.45, 7) is 7.02. The van der Waals surface area contributed by atoms with Crippen LogP contribution in [0.15, 0.2) is 24.3 Å². The first kappa shape index (κ1) is 13.3. The summed E-state index contributed by atoms with van der Waals surface area (Å²) >= 11 is 2.37. The van der Waals surface area contributed by atoms with Crippen LogP contribution in [0, 0.1) is 9.49 Å². The molecule has 0 unspecified atom stereocenters. The van der Waals surface area contributed by atoms with Crippen molar-refractivity contribution in [3.05, 3.63) is 33.4 Å². The molecular formula is C15H22IN. The largest absolute Gasteiger partial charge is 0.296 e. The van der Waals surface area contributed by atoms with Gasteiger partial charge in [-0.15, -0.1) is 0 Å². The van der Waals surface area contributed by atoms with Gasteiger partial charge in [-0.2, -0.15) is 0 Å². The van der Waals surface area contributed by atoms with E-state index in [4.69, 9.17) is 0 Å². The smallest absolute Gasteiger partial charge is 0.0236 e. The Bertz CT molecular complexity index is 340. The van der Waals surface area contributed by atoms with Crippen LogP contribution in [-0.4, -0.2) is 17.5 Å². The van der Waals surface area contributed by atoms with Crippen molar-refractivity contribution in [2.24, 2.45) is 5.92 Å². The summed E-state index contributed by atoms with van der Waals surface area (Å²) in [6.07, 6.45) is 4.13. The van der Waals surface area contributed by atoms with E-state index in [1.807, 2.05) is 0 Å². The van der Waals surface area contributed by atoms with E-state index in [2.05, 4.69) is 65.6 Å². The number of halogens is 1. The van der Waals surface area contributed by atoms with Gasteiger partial charge in [-0.05, 0) is 72.0 Å². The molecule has 1 aliphatic carbocycles. The van der Waals surface area contributed by atoms with Crippen LogP contribution < -0.4 is 0 Å². The first-order valence-electron chi connectivity index (χ1n) is 6.63. The average molecular weight is 343 g/mol. The minimum absolute atomic E-state index is 0.813. The van der Waals surface area contributed by atoms with Crippen LogP contribution in [0.1, 0.15) is 38.7 Å². The Hall–Kier alpha value is -0.0900. The summed E-state index contributed by atoms with van der Waals surface area (Å²) in [6, 6.07) is 9.83. The van der Waals surface area contributed by atoms with Crippen molar-refractivity contribution in [1.29, 1.82) is 0 Å². The molecule has 1 aromatic rings. The van der Waals surface area contributed by atoms with Gasteiger partial charge in [0.1, 0.15) is 0 Å². The molecule has 0 saturated heterocycles. The summed E-state index contributed by atoms with van der Waals surface area (Å²) in [5.74, 6) is 0.813. The zero-order chi connectivity index (χ0) is 12.3. The summed E-state index contributed by atoms with van der Waals surface area (Å²) in [5.41, 5.74) is 1.46. The molecule has 94 valence electrons. The lowest BCUT2D eigenvalue weighted by Gasteiger charge is -2.23. The summed E-state index contributed by atoms with van der Waals surface area (Å²) in [4.78, 5) is 2.67. The predicted octanol–water partition coefficient (Wildman–Crippen LogP) is 4.30. The maximum atomic E-state index is 2.67. The molecule has 0 heterocycles. The third kappa shape index (κ3) is 4.59. The molecular weight excluding hydrogens is 321 g/mol. The van der Waals surface area contributed by atoms with Crippen LogP contribution in [0.4, 0.5) is 0 Å². The maximum absolute atomic E-state index is 2.67. The second-order valence-electron chi connectivity index (χ2n) is 5.51. The summed E-state index contributed by atoms with van der Waals surface area (Å²) in [7, 11) is 0. The zero-order valence-corrected chi connectivity index (χ0v) is 13.0. The molecule has 1 aliphatic rings. The van der Waals surface area contributed by atoms with Gasteiger partial charge in [-0.1, -0.05) is 26.0 Å². The monoisotopic (exact) mass is 343 g/mol. The van der Waals surface area contributed by atoms with E-state index in [0.717, 1.165) is 18.5 Å². The third-order valence-corrected chi connectivity index (χ3v) is 4.08. The third-order valence-electron chi connectivity index (χ3n) is 3.36. The van der Waals surface area contributed by atoms with Gasteiger partial charge in [-0.3, -0.25) is 4.90 Å². The van der Waals surface area contributed by atoms with Crippen molar-refractivity contribution in [3.8, 4) is 0 Å². The molecule has 0 spiro atoms. The lowest BCUT2D eigenvalue weighted by molar-refractivity contribution is 0.239. The molecule has 1 saturated carbocycles. The van der Waals surface area contributed by atoms with E-state index in [0.29, 0.717) is 0 Å². The Morgan fingerprint density at radius 1 is 1.24 bits per heavy atom. The highest BCUT2D eigenvalue weighted by Gasteiger charge is 2.28. The number of nitrogens with zero attached hydrogens (tertiary/aromatic N) is 1. The normalized spacial score (nSPS) is 15.8. The van der Waals surface area contributed by atoms with Crippen molar-refractivity contribution < 1.29 is 0 Å². The van der Waals surface area contributed by atoms with Gasteiger partial charge in [-0.25, -0.2) is 0 Å². The van der Waals surface area contributed by atoms with Gasteiger partial charge < -0.3 is 0 Å². The van der Waals surface area contributed by atoms with E-state index >= 15 is 0 Å². The van der Waals surface area contributed by atoms with Crippen LogP contribution in [0.5, 0.6) is 0 Å². The van der Waals surface area contributed by atoms with E-state index in [1.165, 1.54) is 34.9 Å². The Morgan fingerprint density at radius 3 is 2.41 bits per heavy atom. The number of hydrogen-bond donors (Lipinski definition) is 0. The van der Waals surface area contributed by atoms with Crippen molar-refractivity contribution in [2.75, 3.05) is 6.54 Å². The molecule has 0 aromatic heterocycles. The van der Waals surface area contributed by atoms with Crippen LogP contribution in [0.3, 0.4) is 0 Å². The van der Waals surface area contributed by atoms with Crippen LogP contribution in [-0.2, 0) is 6.54 Å². The van der Waals surface area contributed by atoms with E-state index in [9.17, 15) is 0 Å². The highest BCUT2D eigenvalue weighted by atomic mass is 127. The van der Waals surface area contributed by atoms with E-state index in [1.54, 1.807) is 0 Å². The number of benzene rings is 1. The molecule has 2 heteroatoms. The molecule has 0 N–H and O–H groups in total. The second-order valence-corrected chi connectivity index (χ2v) is 6.76. The lowest BCUT2D eigenvalue weighted by atomic mass is 10.1. The molecule has 2 rings (SSSR count). The van der Waals surface area contributed by atoms with Crippen molar-refractivity contribution in [1.82, 2.24) is 4.90 Å². The fourth-order valence-electron chi connectivity index (χ4n) is 2.08. The van der Waals surface area contributed by atoms with E-state index in [-0.39, 0.29) is 0 Å². The fourth-order valence-corrected chi connectivity index (χ4v) is 2.44. The second kappa shape index (κ2) is 6.19. The zero-order valence-electron chi connectivity index (χ0n) is 10.8. The van der Waals surface area contributed by atoms with Crippen molar-refractivity contribution in [2.45, 2.75) is 45.7 Å². The highest BCUT2D eigenvalue weighted by molar-refractivity contribution is 14.1. The molecule has 1 aromatic carbocycles. The Balaban J connectivity index is 1.90.